The van der Waals surface area contributed by atoms with E-state index in [2.05, 4.69) is 15.3 Å². The van der Waals surface area contributed by atoms with Crippen molar-refractivity contribution in [3.8, 4) is 17.0 Å². The molecule has 3 heterocycles. The average Bonchev–Trinajstić information content (AvgIpc) is 3.26. The van der Waals surface area contributed by atoms with Gasteiger partial charge in [-0.3, -0.25) is 14.2 Å². The molecule has 0 bridgehead atoms. The summed E-state index contributed by atoms with van der Waals surface area (Å²) >= 11 is 1.39. The van der Waals surface area contributed by atoms with Gasteiger partial charge in [0.2, 0.25) is 0 Å². The van der Waals surface area contributed by atoms with E-state index in [1.54, 1.807) is 19.5 Å². The highest BCUT2D eigenvalue weighted by Crippen LogP contribution is 2.28. The Kier molecular flexibility index (Phi) is 4.60. The molecule has 1 N–H and O–H groups in total. The lowest BCUT2D eigenvalue weighted by molar-refractivity contribution is 0.0954. The van der Waals surface area contributed by atoms with Crippen molar-refractivity contribution in [2.45, 2.75) is 13.5 Å². The maximum atomic E-state index is 12.6. The van der Waals surface area contributed by atoms with Crippen LogP contribution in [-0.4, -0.2) is 27.4 Å². The van der Waals surface area contributed by atoms with Gasteiger partial charge in [0, 0.05) is 36.4 Å². The summed E-state index contributed by atoms with van der Waals surface area (Å²) in [6.45, 7) is 2.41. The first kappa shape index (κ1) is 17.2. The predicted octanol–water partition coefficient (Wildman–Crippen LogP) is 3.70. The van der Waals surface area contributed by atoms with E-state index in [0.717, 1.165) is 33.2 Å². The van der Waals surface area contributed by atoms with Gasteiger partial charge < -0.3 is 10.1 Å². The summed E-state index contributed by atoms with van der Waals surface area (Å²) < 4.78 is 7.16. The van der Waals surface area contributed by atoms with E-state index < -0.39 is 0 Å². The molecule has 4 rings (SSSR count). The molecular formula is C20H18N4O2S. The molecule has 4 aromatic rings. The predicted molar refractivity (Wildman–Crippen MR) is 105 cm³/mol. The number of aryl methyl sites for hydroxylation is 1. The number of thiazole rings is 1. The topological polar surface area (TPSA) is 68.5 Å². The van der Waals surface area contributed by atoms with E-state index in [4.69, 9.17) is 4.74 Å². The number of carbonyl (C=O) groups is 1. The quantitative estimate of drug-likeness (QED) is 0.575. The fourth-order valence-electron chi connectivity index (χ4n) is 2.82. The first-order chi connectivity index (χ1) is 13.2. The molecule has 3 aromatic heterocycles. The summed E-state index contributed by atoms with van der Waals surface area (Å²) in [5.41, 5.74) is 3.78. The Hall–Kier alpha value is -3.19. The number of hydrogen-bond donors (Lipinski definition) is 1. The van der Waals surface area contributed by atoms with Gasteiger partial charge >= 0.3 is 0 Å². The fraction of sp³-hybridized carbons (Fsp3) is 0.150. The van der Waals surface area contributed by atoms with Crippen LogP contribution in [-0.2, 0) is 6.54 Å². The maximum Gasteiger partial charge on any atom is 0.263 e. The summed E-state index contributed by atoms with van der Waals surface area (Å²) in [7, 11) is 1.65. The van der Waals surface area contributed by atoms with Crippen LogP contribution in [0.1, 0.15) is 20.9 Å². The number of methoxy groups -OCH3 is 1. The van der Waals surface area contributed by atoms with E-state index in [-0.39, 0.29) is 5.91 Å². The number of rotatable bonds is 5. The molecule has 0 saturated heterocycles. The second-order valence-corrected chi connectivity index (χ2v) is 7.04. The molecule has 0 aliphatic carbocycles. The van der Waals surface area contributed by atoms with E-state index in [0.29, 0.717) is 11.4 Å². The van der Waals surface area contributed by atoms with Crippen LogP contribution in [0.4, 0.5) is 0 Å². The van der Waals surface area contributed by atoms with Crippen LogP contribution in [0.2, 0.25) is 0 Å². The zero-order valence-electron chi connectivity index (χ0n) is 15.0. The lowest BCUT2D eigenvalue weighted by Crippen LogP contribution is -2.22. The molecule has 6 nitrogen and oxygen atoms in total. The second-order valence-electron chi connectivity index (χ2n) is 6.06. The minimum Gasteiger partial charge on any atom is -0.497 e. The van der Waals surface area contributed by atoms with E-state index in [9.17, 15) is 4.79 Å². The number of amides is 1. The van der Waals surface area contributed by atoms with Gasteiger partial charge in [-0.05, 0) is 48.9 Å². The lowest BCUT2D eigenvalue weighted by atomic mass is 10.2. The normalized spacial score (nSPS) is 10.9. The number of aromatic nitrogens is 3. The van der Waals surface area contributed by atoms with Crippen molar-refractivity contribution in [2.75, 3.05) is 7.11 Å². The second kappa shape index (κ2) is 7.20. The van der Waals surface area contributed by atoms with Gasteiger partial charge in [0.05, 0.1) is 12.8 Å². The average molecular weight is 378 g/mol. The fourth-order valence-corrected chi connectivity index (χ4v) is 3.85. The Morgan fingerprint density at radius 1 is 1.19 bits per heavy atom. The third-order valence-electron chi connectivity index (χ3n) is 4.35. The summed E-state index contributed by atoms with van der Waals surface area (Å²) in [5.74, 6) is 0.718. The van der Waals surface area contributed by atoms with Crippen molar-refractivity contribution >= 4 is 22.2 Å². The van der Waals surface area contributed by atoms with Gasteiger partial charge in [-0.15, -0.1) is 0 Å². The Bertz CT molecular complexity index is 1080. The van der Waals surface area contributed by atoms with Crippen LogP contribution in [0, 0.1) is 6.92 Å². The molecule has 0 aliphatic rings. The molecule has 7 heteroatoms. The highest BCUT2D eigenvalue weighted by molar-refractivity contribution is 7.19. The van der Waals surface area contributed by atoms with Crippen LogP contribution < -0.4 is 10.1 Å². The Balaban J connectivity index is 1.55. The zero-order valence-corrected chi connectivity index (χ0v) is 15.8. The molecule has 0 fully saturated rings. The molecule has 0 unspecified atom stereocenters. The molecular weight excluding hydrogens is 360 g/mol. The molecule has 0 aliphatic heterocycles. The first-order valence-corrected chi connectivity index (χ1v) is 9.27. The van der Waals surface area contributed by atoms with Crippen molar-refractivity contribution < 1.29 is 9.53 Å². The molecule has 0 spiro atoms. The third kappa shape index (κ3) is 3.41. The number of pyridine rings is 1. The molecule has 0 radical (unpaired) electrons. The van der Waals surface area contributed by atoms with Crippen LogP contribution >= 0.6 is 11.3 Å². The van der Waals surface area contributed by atoms with Crippen LogP contribution in [0.3, 0.4) is 0 Å². The van der Waals surface area contributed by atoms with Crippen LogP contribution in [0.5, 0.6) is 5.75 Å². The van der Waals surface area contributed by atoms with Crippen molar-refractivity contribution in [1.29, 1.82) is 0 Å². The molecule has 0 saturated carbocycles. The van der Waals surface area contributed by atoms with Gasteiger partial charge in [-0.2, -0.15) is 0 Å². The largest absolute Gasteiger partial charge is 0.497 e. The van der Waals surface area contributed by atoms with Crippen molar-refractivity contribution in [1.82, 2.24) is 19.7 Å². The highest BCUT2D eigenvalue weighted by atomic mass is 32.1. The number of nitrogens with one attached hydrogen (secondary N) is 1. The van der Waals surface area contributed by atoms with Crippen molar-refractivity contribution in [3.63, 3.8) is 0 Å². The Morgan fingerprint density at radius 2 is 1.93 bits per heavy atom. The number of nitrogens with zero attached hydrogens (tertiary/aromatic N) is 3. The van der Waals surface area contributed by atoms with Gasteiger partial charge in [-0.1, -0.05) is 11.3 Å². The minimum absolute atomic E-state index is 0.0918. The first-order valence-electron chi connectivity index (χ1n) is 8.45. The smallest absolute Gasteiger partial charge is 0.263 e. The van der Waals surface area contributed by atoms with E-state index in [1.807, 2.05) is 53.9 Å². The molecule has 27 heavy (non-hydrogen) atoms. The van der Waals surface area contributed by atoms with Gasteiger partial charge in [-0.25, -0.2) is 4.98 Å². The minimum atomic E-state index is -0.0918. The third-order valence-corrected chi connectivity index (χ3v) is 5.51. The number of fused-ring (bicyclic) bond motifs is 1. The monoisotopic (exact) mass is 378 g/mol. The van der Waals surface area contributed by atoms with Gasteiger partial charge in [0.1, 0.15) is 10.6 Å². The van der Waals surface area contributed by atoms with Crippen LogP contribution in [0.25, 0.3) is 16.2 Å². The molecule has 0 atom stereocenters. The van der Waals surface area contributed by atoms with Crippen LogP contribution in [0.15, 0.2) is 55.0 Å². The molecule has 1 aromatic carbocycles. The maximum absolute atomic E-state index is 12.6. The summed E-state index contributed by atoms with van der Waals surface area (Å²) in [5, 5.41) is 2.95. The number of hydrogen-bond acceptors (Lipinski definition) is 5. The summed E-state index contributed by atoms with van der Waals surface area (Å²) in [6.07, 6.45) is 5.39. The Labute approximate surface area is 160 Å². The number of benzene rings is 1. The van der Waals surface area contributed by atoms with E-state index >= 15 is 0 Å². The SMILES string of the molecule is COc1ccc(-c2cn3c(C)c(C(=O)NCc4ccncc4)sc3n2)cc1. The van der Waals surface area contributed by atoms with Crippen molar-refractivity contribution in [3.05, 3.63) is 71.1 Å². The Morgan fingerprint density at radius 3 is 2.59 bits per heavy atom. The number of imidazole rings is 1. The number of carbonyl (C=O) groups excluding carboxylic acids is 1. The molecule has 136 valence electrons. The summed E-state index contributed by atoms with van der Waals surface area (Å²) in [6, 6.07) is 11.5. The molecule has 1 amide bonds. The van der Waals surface area contributed by atoms with Crippen molar-refractivity contribution in [2.24, 2.45) is 0 Å². The van der Waals surface area contributed by atoms with Gasteiger partial charge in [0.15, 0.2) is 4.96 Å². The number of ether oxygens (including phenoxy) is 1. The highest BCUT2D eigenvalue weighted by Gasteiger charge is 2.18. The van der Waals surface area contributed by atoms with E-state index in [1.165, 1.54) is 11.3 Å². The summed E-state index contributed by atoms with van der Waals surface area (Å²) in [4.78, 5) is 22.7. The van der Waals surface area contributed by atoms with Gasteiger partial charge in [0.25, 0.3) is 5.91 Å². The zero-order chi connectivity index (χ0) is 18.8. The standard InChI is InChI=1S/C20H18N4O2S/c1-13-18(19(25)22-11-14-7-9-21-10-8-14)27-20-23-17(12-24(13)20)15-3-5-16(26-2)6-4-15/h3-10,12H,11H2,1-2H3,(H,22,25). The lowest BCUT2D eigenvalue weighted by Gasteiger charge is -2.04.